The van der Waals surface area contributed by atoms with Crippen LogP contribution in [0.3, 0.4) is 0 Å². The van der Waals surface area contributed by atoms with Gasteiger partial charge in [-0.3, -0.25) is 9.79 Å². The number of carbonyl (C=O) groups is 1. The molecule has 0 aromatic heterocycles. The number of halogens is 5. The molecule has 0 unspecified atom stereocenters. The van der Waals surface area contributed by atoms with Crippen LogP contribution in [-0.2, 0) is 4.79 Å². The van der Waals surface area contributed by atoms with Gasteiger partial charge >= 0.3 is 6.18 Å². The Kier molecular flexibility index (Phi) is 9.40. The van der Waals surface area contributed by atoms with Gasteiger partial charge in [0.05, 0.1) is 17.3 Å². The molecule has 158 valence electrons. The number of nitrogens with one attached hydrogen (secondary N) is 1. The molecular formula is C21H18BrF4N3O. The van der Waals surface area contributed by atoms with Gasteiger partial charge in [0.15, 0.2) is 0 Å². The van der Waals surface area contributed by atoms with Crippen molar-refractivity contribution in [2.45, 2.75) is 20.0 Å². The quantitative estimate of drug-likeness (QED) is 0.331. The molecule has 0 bridgehead atoms. The zero-order valence-electron chi connectivity index (χ0n) is 16.3. The number of alkyl halides is 3. The summed E-state index contributed by atoms with van der Waals surface area (Å²) in [7, 11) is 0.971. The smallest absolute Gasteiger partial charge is 0.320 e. The van der Waals surface area contributed by atoms with Gasteiger partial charge in [-0.25, -0.2) is 4.39 Å². The first-order valence-corrected chi connectivity index (χ1v) is 9.22. The summed E-state index contributed by atoms with van der Waals surface area (Å²) in [5.74, 6) is -1.55. The van der Waals surface area contributed by atoms with Gasteiger partial charge in [0, 0.05) is 17.1 Å². The van der Waals surface area contributed by atoms with Crippen LogP contribution in [0.2, 0.25) is 0 Å². The second-order valence-corrected chi connectivity index (χ2v) is 6.91. The van der Waals surface area contributed by atoms with Gasteiger partial charge < -0.3 is 5.32 Å². The molecule has 0 heterocycles. The van der Waals surface area contributed by atoms with Crippen LogP contribution < -0.4 is 5.32 Å². The Labute approximate surface area is 180 Å². The fourth-order valence-corrected chi connectivity index (χ4v) is 2.40. The van der Waals surface area contributed by atoms with E-state index in [1.54, 1.807) is 6.07 Å². The van der Waals surface area contributed by atoms with E-state index in [0.29, 0.717) is 10.5 Å². The van der Waals surface area contributed by atoms with E-state index in [-0.39, 0.29) is 11.3 Å². The molecule has 0 saturated carbocycles. The lowest BCUT2D eigenvalue weighted by atomic mass is 10.2. The summed E-state index contributed by atoms with van der Waals surface area (Å²) in [6, 6.07) is 13.5. The summed E-state index contributed by atoms with van der Waals surface area (Å²) in [5, 5.41) is 10.6. The normalized spacial score (nSPS) is 11.8. The molecule has 0 aliphatic carbocycles. The molecule has 2 aromatic carbocycles. The molecule has 0 radical (unpaired) electrons. The lowest BCUT2D eigenvalue weighted by Crippen LogP contribution is -2.23. The van der Waals surface area contributed by atoms with Crippen LogP contribution >= 0.6 is 15.9 Å². The Morgan fingerprint density at radius 1 is 1.23 bits per heavy atom. The van der Waals surface area contributed by atoms with Crippen molar-refractivity contribution in [2.24, 2.45) is 4.99 Å². The molecule has 30 heavy (non-hydrogen) atoms. The number of aliphatic imine (C=N–C) groups is 1. The third-order valence-corrected chi connectivity index (χ3v) is 4.06. The monoisotopic (exact) mass is 483 g/mol. The summed E-state index contributed by atoms with van der Waals surface area (Å²) in [6.45, 7) is 3.16. The molecule has 1 N–H and O–H groups in total. The van der Waals surface area contributed by atoms with Crippen molar-refractivity contribution in [1.29, 1.82) is 5.26 Å². The lowest BCUT2D eigenvalue weighted by molar-refractivity contribution is -0.112. The minimum absolute atomic E-state index is 0.127. The molecule has 4 nitrogen and oxygen atoms in total. The molecule has 0 saturated heterocycles. The van der Waals surface area contributed by atoms with E-state index in [0.717, 1.165) is 24.2 Å². The number of nitrogens with zero attached hydrogens (tertiary/aromatic N) is 2. The number of hydrogen-bond acceptors (Lipinski definition) is 3. The highest BCUT2D eigenvalue weighted by atomic mass is 79.9. The first-order valence-electron chi connectivity index (χ1n) is 8.43. The van der Waals surface area contributed by atoms with Gasteiger partial charge in [0.2, 0.25) is 0 Å². The van der Waals surface area contributed by atoms with Crippen molar-refractivity contribution in [3.05, 3.63) is 75.5 Å². The number of anilines is 1. The van der Waals surface area contributed by atoms with E-state index < -0.39 is 23.6 Å². The molecular weight excluding hydrogens is 466 g/mol. The van der Waals surface area contributed by atoms with Gasteiger partial charge in [-0.1, -0.05) is 28.1 Å². The third-order valence-electron chi connectivity index (χ3n) is 3.57. The Morgan fingerprint density at radius 2 is 1.90 bits per heavy atom. The largest absolute Gasteiger partial charge is 0.432 e. The van der Waals surface area contributed by atoms with E-state index in [2.05, 4.69) is 32.3 Å². The predicted octanol–water partition coefficient (Wildman–Crippen LogP) is 5.97. The van der Waals surface area contributed by atoms with Crippen LogP contribution in [0.1, 0.15) is 18.1 Å². The SMILES string of the molecule is CN=C(/C=C(\C)C(=O)Nc1ccc(Br)cc1F)C(F)(F)F.Cc1cccc(C#N)c1. The van der Waals surface area contributed by atoms with E-state index in [1.807, 2.05) is 25.1 Å². The molecule has 0 atom stereocenters. The number of rotatable bonds is 3. The number of hydrogen-bond donors (Lipinski definition) is 1. The zero-order chi connectivity index (χ0) is 22.9. The number of aryl methyl sites for hydroxylation is 1. The highest BCUT2D eigenvalue weighted by Gasteiger charge is 2.34. The maximum absolute atomic E-state index is 13.5. The average Bonchev–Trinajstić information content (AvgIpc) is 2.67. The average molecular weight is 484 g/mol. The van der Waals surface area contributed by atoms with Crippen LogP contribution in [0.15, 0.2) is 63.6 Å². The second-order valence-electron chi connectivity index (χ2n) is 5.99. The van der Waals surface area contributed by atoms with Crippen molar-refractivity contribution >= 4 is 33.2 Å². The number of amides is 1. The first kappa shape index (κ1) is 25.0. The topological polar surface area (TPSA) is 65.2 Å². The first-order chi connectivity index (χ1) is 14.0. The molecule has 1 amide bonds. The van der Waals surface area contributed by atoms with E-state index in [4.69, 9.17) is 5.26 Å². The van der Waals surface area contributed by atoms with Crippen LogP contribution in [0.4, 0.5) is 23.2 Å². The Hall–Kier alpha value is -2.99. The predicted molar refractivity (Wildman–Crippen MR) is 112 cm³/mol. The molecule has 0 spiro atoms. The number of carbonyl (C=O) groups excluding carboxylic acids is 1. The van der Waals surface area contributed by atoms with Crippen molar-refractivity contribution < 1.29 is 22.4 Å². The lowest BCUT2D eigenvalue weighted by Gasteiger charge is -2.09. The van der Waals surface area contributed by atoms with Gasteiger partial charge in [0.1, 0.15) is 11.5 Å². The van der Waals surface area contributed by atoms with Gasteiger partial charge in [-0.15, -0.1) is 0 Å². The Morgan fingerprint density at radius 3 is 2.37 bits per heavy atom. The maximum Gasteiger partial charge on any atom is 0.432 e. The summed E-state index contributed by atoms with van der Waals surface area (Å²) < 4.78 is 51.5. The van der Waals surface area contributed by atoms with Crippen molar-refractivity contribution in [3.63, 3.8) is 0 Å². The van der Waals surface area contributed by atoms with E-state index >= 15 is 0 Å². The van der Waals surface area contributed by atoms with Crippen LogP contribution in [0, 0.1) is 24.1 Å². The van der Waals surface area contributed by atoms with E-state index in [9.17, 15) is 22.4 Å². The van der Waals surface area contributed by atoms with Crippen molar-refractivity contribution in [1.82, 2.24) is 0 Å². The Balaban J connectivity index is 0.000000414. The second kappa shape index (κ2) is 11.3. The minimum Gasteiger partial charge on any atom is -0.320 e. The standard InChI is InChI=1S/C13H11BrF4N2O.C8H7N/c1-7(5-11(19-2)13(16,17)18)12(21)20-10-4-3-8(14)6-9(10)15;1-7-3-2-4-8(5-7)6-9/h3-6H,1-2H3,(H,20,21);2-5H,1H3/b7-5+,19-11?;. The van der Waals surface area contributed by atoms with Crippen LogP contribution in [-0.4, -0.2) is 24.8 Å². The van der Waals surface area contributed by atoms with Crippen LogP contribution in [0.5, 0.6) is 0 Å². The highest BCUT2D eigenvalue weighted by Crippen LogP contribution is 2.21. The molecule has 0 aliphatic rings. The Bertz CT molecular complexity index is 1010. The molecule has 2 aromatic rings. The van der Waals surface area contributed by atoms with Crippen molar-refractivity contribution in [2.75, 3.05) is 12.4 Å². The summed E-state index contributed by atoms with van der Waals surface area (Å²) in [6.07, 6.45) is -4.05. The molecule has 2 rings (SSSR count). The number of benzene rings is 2. The number of nitriles is 1. The number of allylic oxidation sites excluding steroid dienone is 1. The minimum atomic E-state index is -4.65. The van der Waals surface area contributed by atoms with Gasteiger partial charge in [-0.05, 0) is 55.8 Å². The summed E-state index contributed by atoms with van der Waals surface area (Å²) in [5.41, 5.74) is 0.309. The van der Waals surface area contributed by atoms with Gasteiger partial charge in [-0.2, -0.15) is 18.4 Å². The van der Waals surface area contributed by atoms with Crippen LogP contribution in [0.25, 0.3) is 0 Å². The summed E-state index contributed by atoms with van der Waals surface area (Å²) in [4.78, 5) is 14.8. The highest BCUT2D eigenvalue weighted by molar-refractivity contribution is 9.10. The molecule has 9 heteroatoms. The van der Waals surface area contributed by atoms with E-state index in [1.165, 1.54) is 19.1 Å². The fourth-order valence-electron chi connectivity index (χ4n) is 2.07. The summed E-state index contributed by atoms with van der Waals surface area (Å²) >= 11 is 3.05. The maximum atomic E-state index is 13.5. The molecule has 0 aliphatic heterocycles. The van der Waals surface area contributed by atoms with Crippen molar-refractivity contribution in [3.8, 4) is 6.07 Å². The fraction of sp³-hybridized carbons (Fsp3) is 0.190. The zero-order valence-corrected chi connectivity index (χ0v) is 17.9. The molecule has 0 fully saturated rings. The third kappa shape index (κ3) is 8.17. The van der Waals surface area contributed by atoms with Gasteiger partial charge in [0.25, 0.3) is 5.91 Å².